The maximum atomic E-state index is 4.41. The summed E-state index contributed by atoms with van der Waals surface area (Å²) in [5.74, 6) is 2.70. The summed E-state index contributed by atoms with van der Waals surface area (Å²) < 4.78 is 0. The maximum absolute atomic E-state index is 4.41. The zero-order valence-corrected chi connectivity index (χ0v) is 13.2. The summed E-state index contributed by atoms with van der Waals surface area (Å²) in [5.41, 5.74) is 2.87. The lowest BCUT2D eigenvalue weighted by Gasteiger charge is -2.27. The highest BCUT2D eigenvalue weighted by Gasteiger charge is 2.90. The average molecular weight is 248 g/mol. The lowest BCUT2D eigenvalue weighted by atomic mass is 9.77. The molecule has 0 heteroatoms. The third-order valence-corrected chi connectivity index (χ3v) is 5.77. The van der Waals surface area contributed by atoms with Gasteiger partial charge in [0.1, 0.15) is 0 Å². The molecule has 0 nitrogen and oxygen atoms in total. The van der Waals surface area contributed by atoms with E-state index in [1.165, 1.54) is 38.5 Å². The molecule has 0 aliphatic heterocycles. The summed E-state index contributed by atoms with van der Waals surface area (Å²) >= 11 is 0. The van der Waals surface area contributed by atoms with Gasteiger partial charge in [0.25, 0.3) is 0 Å². The molecule has 0 N–H and O–H groups in total. The zero-order chi connectivity index (χ0) is 13.6. The van der Waals surface area contributed by atoms with Crippen LogP contribution in [0, 0.1) is 28.6 Å². The van der Waals surface area contributed by atoms with Gasteiger partial charge in [0.2, 0.25) is 0 Å². The van der Waals surface area contributed by atoms with Crippen LogP contribution in [0.2, 0.25) is 0 Å². The van der Waals surface area contributed by atoms with Gasteiger partial charge in [-0.15, -0.1) is 0 Å². The van der Waals surface area contributed by atoms with Crippen molar-refractivity contribution in [3.05, 3.63) is 12.2 Å². The monoisotopic (exact) mass is 248 g/mol. The van der Waals surface area contributed by atoms with Crippen LogP contribution in [0.3, 0.4) is 0 Å². The Morgan fingerprint density at radius 2 is 1.83 bits per heavy atom. The second-order valence-corrected chi connectivity index (χ2v) is 7.78. The SMILES string of the molecule is C=C(CCCCCC)C1C2C(C)(C)C12CC(C)C. The average Bonchev–Trinajstić information content (AvgIpc) is 3.07. The number of allylic oxidation sites excluding steroid dienone is 1. The number of hydrogen-bond donors (Lipinski definition) is 0. The fourth-order valence-electron chi connectivity index (χ4n) is 4.82. The van der Waals surface area contributed by atoms with Crippen LogP contribution in [-0.4, -0.2) is 0 Å². The number of rotatable bonds is 8. The molecule has 0 heterocycles. The van der Waals surface area contributed by atoms with E-state index in [2.05, 4.69) is 41.2 Å². The second-order valence-electron chi connectivity index (χ2n) is 7.78. The standard InChI is InChI=1S/C18H32/c1-7-8-9-10-11-14(4)15-16-17(5,6)18(15,16)12-13(2)3/h13,15-16H,4,7-12H2,1-3,5-6H3. The number of fused-ring (bicyclic) bond motifs is 1. The molecular formula is C18H32. The first-order valence-corrected chi connectivity index (χ1v) is 8.07. The summed E-state index contributed by atoms with van der Waals surface area (Å²) in [4.78, 5) is 0. The van der Waals surface area contributed by atoms with Gasteiger partial charge in [-0.3, -0.25) is 0 Å². The summed E-state index contributed by atoms with van der Waals surface area (Å²) in [6.45, 7) is 16.4. The Morgan fingerprint density at radius 3 is 2.33 bits per heavy atom. The van der Waals surface area contributed by atoms with Crippen LogP contribution >= 0.6 is 0 Å². The largest absolute Gasteiger partial charge is 0.0995 e. The molecular weight excluding hydrogens is 216 g/mol. The Hall–Kier alpha value is -0.260. The van der Waals surface area contributed by atoms with Crippen molar-refractivity contribution in [1.29, 1.82) is 0 Å². The summed E-state index contributed by atoms with van der Waals surface area (Å²) in [6.07, 6.45) is 8.20. The predicted molar refractivity (Wildman–Crippen MR) is 80.5 cm³/mol. The van der Waals surface area contributed by atoms with Gasteiger partial charge in [-0.2, -0.15) is 0 Å². The van der Waals surface area contributed by atoms with E-state index in [1.54, 1.807) is 5.57 Å². The van der Waals surface area contributed by atoms with Crippen molar-refractivity contribution in [2.75, 3.05) is 0 Å². The Bertz CT molecular complexity index is 323. The normalized spacial score (nSPS) is 35.4. The Balaban J connectivity index is 1.81. The van der Waals surface area contributed by atoms with Crippen molar-refractivity contribution < 1.29 is 0 Å². The third-order valence-electron chi connectivity index (χ3n) is 5.77. The molecule has 104 valence electrons. The van der Waals surface area contributed by atoms with Crippen LogP contribution in [0.25, 0.3) is 0 Å². The van der Waals surface area contributed by atoms with E-state index >= 15 is 0 Å². The van der Waals surface area contributed by atoms with Crippen molar-refractivity contribution in [1.82, 2.24) is 0 Å². The van der Waals surface area contributed by atoms with Gasteiger partial charge in [0.15, 0.2) is 0 Å². The summed E-state index contributed by atoms with van der Waals surface area (Å²) in [7, 11) is 0. The van der Waals surface area contributed by atoms with Crippen LogP contribution < -0.4 is 0 Å². The topological polar surface area (TPSA) is 0 Å². The van der Waals surface area contributed by atoms with E-state index < -0.39 is 0 Å². The van der Waals surface area contributed by atoms with Crippen molar-refractivity contribution in [3.8, 4) is 0 Å². The lowest BCUT2D eigenvalue weighted by Crippen LogP contribution is -2.19. The van der Waals surface area contributed by atoms with E-state index in [0.29, 0.717) is 10.8 Å². The predicted octanol–water partition coefficient (Wildman–Crippen LogP) is 5.83. The molecule has 0 aromatic heterocycles. The molecule has 2 fully saturated rings. The number of unbranched alkanes of at least 4 members (excludes halogenated alkanes) is 3. The Labute approximate surface area is 114 Å². The van der Waals surface area contributed by atoms with E-state index in [9.17, 15) is 0 Å². The molecule has 18 heavy (non-hydrogen) atoms. The molecule has 2 rings (SSSR count). The van der Waals surface area contributed by atoms with E-state index in [4.69, 9.17) is 0 Å². The molecule has 3 unspecified atom stereocenters. The van der Waals surface area contributed by atoms with Crippen molar-refractivity contribution in [3.63, 3.8) is 0 Å². The molecule has 0 aromatic rings. The Morgan fingerprint density at radius 1 is 1.17 bits per heavy atom. The van der Waals surface area contributed by atoms with Crippen LogP contribution in [-0.2, 0) is 0 Å². The van der Waals surface area contributed by atoms with Gasteiger partial charge in [-0.05, 0) is 47.8 Å². The molecule has 0 radical (unpaired) electrons. The second kappa shape index (κ2) is 4.69. The maximum Gasteiger partial charge on any atom is -0.0102 e. The first kappa shape index (κ1) is 14.2. The molecule has 0 saturated heterocycles. The fourth-order valence-corrected chi connectivity index (χ4v) is 4.82. The van der Waals surface area contributed by atoms with Gasteiger partial charge in [0.05, 0.1) is 0 Å². The zero-order valence-electron chi connectivity index (χ0n) is 13.2. The number of hydrogen-bond acceptors (Lipinski definition) is 0. The highest BCUT2D eigenvalue weighted by molar-refractivity contribution is 5.43. The molecule has 0 spiro atoms. The van der Waals surface area contributed by atoms with Crippen molar-refractivity contribution >= 4 is 0 Å². The van der Waals surface area contributed by atoms with Gasteiger partial charge < -0.3 is 0 Å². The molecule has 0 amide bonds. The third kappa shape index (κ3) is 1.96. The van der Waals surface area contributed by atoms with Gasteiger partial charge in [-0.1, -0.05) is 66.0 Å². The van der Waals surface area contributed by atoms with Crippen LogP contribution in [0.4, 0.5) is 0 Å². The minimum Gasteiger partial charge on any atom is -0.0995 e. The van der Waals surface area contributed by atoms with Gasteiger partial charge in [0, 0.05) is 0 Å². The van der Waals surface area contributed by atoms with Gasteiger partial charge >= 0.3 is 0 Å². The molecule has 3 atom stereocenters. The lowest BCUT2D eigenvalue weighted by molar-refractivity contribution is 0.261. The highest BCUT2D eigenvalue weighted by atomic mass is 14.9. The fraction of sp³-hybridized carbons (Fsp3) is 0.889. The van der Waals surface area contributed by atoms with E-state index in [-0.39, 0.29) is 0 Å². The molecule has 2 aliphatic rings. The summed E-state index contributed by atoms with van der Waals surface area (Å²) in [5, 5.41) is 0. The molecule has 0 bridgehead atoms. The minimum absolute atomic E-state index is 0.619. The van der Waals surface area contributed by atoms with Crippen LogP contribution in [0.15, 0.2) is 12.2 Å². The highest BCUT2D eigenvalue weighted by Crippen LogP contribution is 2.94. The smallest absolute Gasteiger partial charge is 0.0102 e. The van der Waals surface area contributed by atoms with E-state index in [0.717, 1.165) is 17.8 Å². The molecule has 0 aromatic carbocycles. The Kier molecular flexibility index (Phi) is 3.69. The molecule has 2 saturated carbocycles. The van der Waals surface area contributed by atoms with Crippen molar-refractivity contribution in [2.24, 2.45) is 28.6 Å². The van der Waals surface area contributed by atoms with Crippen LogP contribution in [0.5, 0.6) is 0 Å². The van der Waals surface area contributed by atoms with E-state index in [1.807, 2.05) is 0 Å². The van der Waals surface area contributed by atoms with Crippen molar-refractivity contribution in [2.45, 2.75) is 73.1 Å². The summed E-state index contributed by atoms with van der Waals surface area (Å²) in [6, 6.07) is 0. The van der Waals surface area contributed by atoms with Crippen LogP contribution in [0.1, 0.15) is 73.1 Å². The quantitative estimate of drug-likeness (QED) is 0.374. The first-order valence-electron chi connectivity index (χ1n) is 8.07. The van der Waals surface area contributed by atoms with Gasteiger partial charge in [-0.25, -0.2) is 0 Å². The molecule has 2 aliphatic carbocycles. The minimum atomic E-state index is 0.619. The first-order chi connectivity index (χ1) is 8.39.